The maximum absolute atomic E-state index is 12.3. The van der Waals surface area contributed by atoms with Crippen molar-refractivity contribution in [1.29, 1.82) is 0 Å². The highest BCUT2D eigenvalue weighted by molar-refractivity contribution is 5.88. The Morgan fingerprint density at radius 1 is 1.44 bits per heavy atom. The molecule has 0 amide bonds. The van der Waals surface area contributed by atoms with Gasteiger partial charge in [0, 0.05) is 11.8 Å². The molecule has 0 spiro atoms. The molecule has 1 aromatic carbocycles. The molecule has 1 aromatic rings. The van der Waals surface area contributed by atoms with Crippen molar-refractivity contribution in [3.05, 3.63) is 35.4 Å². The number of Topliss-reactive ketones (excluding diaryl/α,β-unsaturated/α-hetero) is 1. The van der Waals surface area contributed by atoms with Gasteiger partial charge in [-0.25, -0.2) is 0 Å². The Bertz CT molecular complexity index is 381. The van der Waals surface area contributed by atoms with Crippen molar-refractivity contribution in [2.45, 2.75) is 45.4 Å². The van der Waals surface area contributed by atoms with Gasteiger partial charge in [0.15, 0.2) is 0 Å². The summed E-state index contributed by atoms with van der Waals surface area (Å²) in [5, 5.41) is 0. The summed E-state index contributed by atoms with van der Waals surface area (Å²) in [5.74, 6) is 0.853. The third-order valence-electron chi connectivity index (χ3n) is 3.68. The number of hydrogen-bond acceptors (Lipinski definition) is 1. The predicted molar refractivity (Wildman–Crippen MR) is 66.6 cm³/mol. The van der Waals surface area contributed by atoms with Gasteiger partial charge in [0.05, 0.1) is 0 Å². The van der Waals surface area contributed by atoms with Gasteiger partial charge in [-0.15, -0.1) is 0 Å². The molecule has 1 aliphatic carbocycles. The topological polar surface area (TPSA) is 17.1 Å². The lowest BCUT2D eigenvalue weighted by Gasteiger charge is -2.15. The Balaban J connectivity index is 2.16. The molecule has 0 radical (unpaired) electrons. The number of ketones is 1. The molecule has 0 fully saturated rings. The minimum absolute atomic E-state index is 0.178. The van der Waals surface area contributed by atoms with Gasteiger partial charge >= 0.3 is 0 Å². The normalized spacial score (nSPS) is 20.5. The number of carbonyl (C=O) groups excluding carboxylic acids is 1. The van der Waals surface area contributed by atoms with E-state index in [0.29, 0.717) is 5.78 Å². The molecule has 16 heavy (non-hydrogen) atoms. The highest BCUT2D eigenvalue weighted by Crippen LogP contribution is 2.35. The molecule has 0 N–H and O–H groups in total. The highest BCUT2D eigenvalue weighted by Gasteiger charge is 2.30. The molecule has 2 atom stereocenters. The van der Waals surface area contributed by atoms with Crippen LogP contribution in [0.2, 0.25) is 0 Å². The van der Waals surface area contributed by atoms with Gasteiger partial charge in [0.25, 0.3) is 0 Å². The van der Waals surface area contributed by atoms with Crippen molar-refractivity contribution >= 4 is 5.78 Å². The smallest absolute Gasteiger partial charge is 0.143 e. The summed E-state index contributed by atoms with van der Waals surface area (Å²) in [4.78, 5) is 12.3. The zero-order valence-corrected chi connectivity index (χ0v) is 10.2. The predicted octanol–water partition coefficient (Wildman–Crippen LogP) is 3.72. The molecule has 0 bridgehead atoms. The van der Waals surface area contributed by atoms with Crippen LogP contribution in [0.15, 0.2) is 24.3 Å². The second-order valence-corrected chi connectivity index (χ2v) is 4.88. The minimum atomic E-state index is 0.178. The van der Waals surface area contributed by atoms with E-state index < -0.39 is 0 Å². The zero-order valence-electron chi connectivity index (χ0n) is 10.2. The maximum atomic E-state index is 12.3. The number of fused-ring (bicyclic) bond motifs is 1. The molecule has 0 aromatic heterocycles. The van der Waals surface area contributed by atoms with Gasteiger partial charge in [0.2, 0.25) is 0 Å². The number of aryl methyl sites for hydroxylation is 1. The number of hydrogen-bond donors (Lipinski definition) is 0. The Kier molecular flexibility index (Phi) is 3.42. The van der Waals surface area contributed by atoms with Gasteiger partial charge in [-0.3, -0.25) is 4.79 Å². The van der Waals surface area contributed by atoms with E-state index >= 15 is 0 Å². The Labute approximate surface area is 97.9 Å². The SMILES string of the molecule is CCCC(C)C(=O)C1CCc2ccccc21. The van der Waals surface area contributed by atoms with E-state index in [2.05, 4.69) is 38.1 Å². The van der Waals surface area contributed by atoms with Gasteiger partial charge in [-0.05, 0) is 30.4 Å². The molecule has 1 aliphatic rings. The van der Waals surface area contributed by atoms with Crippen molar-refractivity contribution in [2.24, 2.45) is 5.92 Å². The van der Waals surface area contributed by atoms with Crippen molar-refractivity contribution in [1.82, 2.24) is 0 Å². The Morgan fingerprint density at radius 2 is 2.19 bits per heavy atom. The molecule has 0 saturated heterocycles. The van der Waals surface area contributed by atoms with E-state index in [-0.39, 0.29) is 11.8 Å². The summed E-state index contributed by atoms with van der Waals surface area (Å²) >= 11 is 0. The van der Waals surface area contributed by atoms with E-state index in [9.17, 15) is 4.79 Å². The molecule has 0 aliphatic heterocycles. The fourth-order valence-corrected chi connectivity index (χ4v) is 2.77. The largest absolute Gasteiger partial charge is 0.299 e. The molecular weight excluding hydrogens is 196 g/mol. The molecule has 0 saturated carbocycles. The van der Waals surface area contributed by atoms with E-state index in [0.717, 1.165) is 25.7 Å². The fraction of sp³-hybridized carbons (Fsp3) is 0.533. The van der Waals surface area contributed by atoms with E-state index in [4.69, 9.17) is 0 Å². The fourth-order valence-electron chi connectivity index (χ4n) is 2.77. The van der Waals surface area contributed by atoms with Gasteiger partial charge in [0.1, 0.15) is 5.78 Å². The monoisotopic (exact) mass is 216 g/mol. The molecule has 0 heterocycles. The van der Waals surface area contributed by atoms with Crippen LogP contribution in [-0.4, -0.2) is 5.78 Å². The molecular formula is C15H20O. The van der Waals surface area contributed by atoms with Crippen molar-refractivity contribution < 1.29 is 4.79 Å². The first-order chi connectivity index (χ1) is 7.74. The quantitative estimate of drug-likeness (QED) is 0.749. The van der Waals surface area contributed by atoms with Crippen molar-refractivity contribution in [2.75, 3.05) is 0 Å². The average molecular weight is 216 g/mol. The lowest BCUT2D eigenvalue weighted by Crippen LogP contribution is -2.18. The summed E-state index contributed by atoms with van der Waals surface area (Å²) in [6.07, 6.45) is 4.22. The van der Waals surface area contributed by atoms with Crippen LogP contribution >= 0.6 is 0 Å². The van der Waals surface area contributed by atoms with Crippen LogP contribution in [-0.2, 0) is 11.2 Å². The van der Waals surface area contributed by atoms with Crippen LogP contribution in [0.1, 0.15) is 50.2 Å². The van der Waals surface area contributed by atoms with E-state index in [1.54, 1.807) is 0 Å². The molecule has 2 rings (SSSR count). The van der Waals surface area contributed by atoms with Crippen LogP contribution in [0.25, 0.3) is 0 Å². The summed E-state index contributed by atoms with van der Waals surface area (Å²) in [6, 6.07) is 8.41. The standard InChI is InChI=1S/C15H20O/c1-3-6-11(2)15(16)14-10-9-12-7-4-5-8-13(12)14/h4-5,7-8,11,14H,3,6,9-10H2,1-2H3. The first-order valence-electron chi connectivity index (χ1n) is 6.35. The molecule has 1 heteroatoms. The van der Waals surface area contributed by atoms with Crippen LogP contribution in [0, 0.1) is 5.92 Å². The van der Waals surface area contributed by atoms with Crippen LogP contribution in [0.5, 0.6) is 0 Å². The van der Waals surface area contributed by atoms with Crippen molar-refractivity contribution in [3.63, 3.8) is 0 Å². The Morgan fingerprint density at radius 3 is 2.94 bits per heavy atom. The molecule has 2 unspecified atom stereocenters. The van der Waals surface area contributed by atoms with Crippen LogP contribution in [0.4, 0.5) is 0 Å². The second kappa shape index (κ2) is 4.82. The average Bonchev–Trinajstić information content (AvgIpc) is 2.72. The third kappa shape index (κ3) is 2.04. The summed E-state index contributed by atoms with van der Waals surface area (Å²) in [7, 11) is 0. The van der Waals surface area contributed by atoms with Crippen LogP contribution in [0.3, 0.4) is 0 Å². The number of carbonyl (C=O) groups is 1. The zero-order chi connectivity index (χ0) is 11.5. The first kappa shape index (κ1) is 11.4. The molecule has 86 valence electrons. The van der Waals surface area contributed by atoms with Gasteiger partial charge in [-0.2, -0.15) is 0 Å². The summed E-state index contributed by atoms with van der Waals surface area (Å²) in [6.45, 7) is 4.22. The summed E-state index contributed by atoms with van der Waals surface area (Å²) < 4.78 is 0. The Hall–Kier alpha value is -1.11. The molecule has 1 nitrogen and oxygen atoms in total. The number of rotatable bonds is 4. The van der Waals surface area contributed by atoms with E-state index in [1.807, 2.05) is 0 Å². The number of benzene rings is 1. The maximum Gasteiger partial charge on any atom is 0.143 e. The van der Waals surface area contributed by atoms with E-state index in [1.165, 1.54) is 11.1 Å². The van der Waals surface area contributed by atoms with Gasteiger partial charge in [-0.1, -0.05) is 44.5 Å². The van der Waals surface area contributed by atoms with Crippen molar-refractivity contribution in [3.8, 4) is 0 Å². The first-order valence-corrected chi connectivity index (χ1v) is 6.35. The minimum Gasteiger partial charge on any atom is -0.299 e. The second-order valence-electron chi connectivity index (χ2n) is 4.88. The summed E-state index contributed by atoms with van der Waals surface area (Å²) in [5.41, 5.74) is 2.67. The third-order valence-corrected chi connectivity index (χ3v) is 3.68. The lowest BCUT2D eigenvalue weighted by molar-refractivity contribution is -0.124. The van der Waals surface area contributed by atoms with Crippen LogP contribution < -0.4 is 0 Å². The lowest BCUT2D eigenvalue weighted by atomic mass is 9.87. The highest BCUT2D eigenvalue weighted by atomic mass is 16.1. The van der Waals surface area contributed by atoms with Gasteiger partial charge < -0.3 is 0 Å².